The van der Waals surface area contributed by atoms with E-state index in [0.29, 0.717) is 50.5 Å². The minimum atomic E-state index is -4.71. The third-order valence-corrected chi connectivity index (χ3v) is 7.01. The quantitative estimate of drug-likeness (QED) is 0.228. The molecule has 39 heavy (non-hydrogen) atoms. The molecule has 3 aromatic heterocycles. The number of nitrogens with zero attached hydrogens (tertiary/aromatic N) is 3. The van der Waals surface area contributed by atoms with Gasteiger partial charge in [0.15, 0.2) is 0 Å². The van der Waals surface area contributed by atoms with Crippen molar-refractivity contribution >= 4 is 33.2 Å². The van der Waals surface area contributed by atoms with Gasteiger partial charge in [-0.2, -0.15) is 13.2 Å². The Bertz CT molecular complexity index is 1810. The first-order valence-electron chi connectivity index (χ1n) is 11.8. The highest BCUT2D eigenvalue weighted by Crippen LogP contribution is 2.34. The average Bonchev–Trinajstić information content (AvgIpc) is 3.46. The normalized spacial score (nSPS) is 13.0. The smallest absolute Gasteiger partial charge is 0.416 e. The lowest BCUT2D eigenvalue weighted by molar-refractivity contribution is -0.137. The van der Waals surface area contributed by atoms with E-state index in [4.69, 9.17) is 0 Å². The largest absolute Gasteiger partial charge is 0.760 e. The van der Waals surface area contributed by atoms with Crippen molar-refractivity contribution in [2.75, 3.05) is 6.54 Å². The highest BCUT2D eigenvalue weighted by molar-refractivity contribution is 7.77. The van der Waals surface area contributed by atoms with Crippen molar-refractivity contribution in [3.63, 3.8) is 0 Å². The van der Waals surface area contributed by atoms with Crippen molar-refractivity contribution in [2.24, 2.45) is 7.05 Å². The maximum Gasteiger partial charge on any atom is 0.416 e. The summed E-state index contributed by atoms with van der Waals surface area (Å²) in [4.78, 5) is 20.2. The van der Waals surface area contributed by atoms with Crippen molar-refractivity contribution in [3.8, 4) is 11.1 Å². The summed E-state index contributed by atoms with van der Waals surface area (Å²) in [6.45, 7) is 1.70. The van der Waals surface area contributed by atoms with Crippen LogP contribution in [0, 0.1) is 12.7 Å². The van der Waals surface area contributed by atoms with Crippen molar-refractivity contribution in [1.29, 1.82) is 0 Å². The highest BCUT2D eigenvalue weighted by atomic mass is 32.2. The number of hydrogen-bond acceptors (Lipinski definition) is 4. The van der Waals surface area contributed by atoms with Gasteiger partial charge in [-0.05, 0) is 66.4 Å². The van der Waals surface area contributed by atoms with Crippen LogP contribution in [0.25, 0.3) is 33.1 Å². The van der Waals surface area contributed by atoms with Gasteiger partial charge in [0, 0.05) is 54.7 Å². The molecule has 13 heteroatoms. The minimum Gasteiger partial charge on any atom is -0.760 e. The molecule has 0 saturated heterocycles. The molecule has 0 amide bonds. The molecule has 0 fully saturated rings. The number of halogens is 4. The number of nitrogens with one attached hydrogen (secondary N) is 2. The summed E-state index contributed by atoms with van der Waals surface area (Å²) in [5.74, 6) is -0.520. The molecule has 1 atom stereocenters. The van der Waals surface area contributed by atoms with Crippen LogP contribution in [0.3, 0.4) is 0 Å². The second-order valence-corrected chi connectivity index (χ2v) is 9.96. The van der Waals surface area contributed by atoms with E-state index in [9.17, 15) is 31.1 Å². The van der Waals surface area contributed by atoms with Crippen LogP contribution < -0.4 is 10.3 Å². The number of benzene rings is 2. The van der Waals surface area contributed by atoms with Crippen molar-refractivity contribution in [3.05, 3.63) is 87.5 Å². The fourth-order valence-electron chi connectivity index (χ4n) is 4.81. The standard InChI is InChI=1S/C26H23F4N5O3S/c1-14-33-23-16(3-6-32-39(37)38)9-17(21-13-34(2)25(36)24-20(21)4-5-31-24)10-22(23)35(14)12-15-7-18(26(28,29)30)11-19(27)8-15/h4-5,7-11,13,31-32H,3,6,12H2,1-2H3,(H,37,38)/p-1. The summed E-state index contributed by atoms with van der Waals surface area (Å²) in [6.07, 6.45) is -1.10. The third kappa shape index (κ3) is 5.24. The zero-order valence-corrected chi connectivity index (χ0v) is 21.5. The van der Waals surface area contributed by atoms with E-state index in [2.05, 4.69) is 14.7 Å². The second kappa shape index (κ2) is 10.1. The number of hydrogen-bond donors (Lipinski definition) is 2. The van der Waals surface area contributed by atoms with Gasteiger partial charge in [-0.25, -0.2) is 14.1 Å². The molecule has 204 valence electrons. The fraction of sp³-hybridized carbons (Fsp3) is 0.231. The molecule has 0 radical (unpaired) electrons. The fourth-order valence-corrected chi connectivity index (χ4v) is 5.08. The number of pyridine rings is 1. The summed E-state index contributed by atoms with van der Waals surface area (Å²) in [5.41, 5.74) is 2.42. The third-order valence-electron chi connectivity index (χ3n) is 6.57. The zero-order chi connectivity index (χ0) is 28.1. The molecule has 2 N–H and O–H groups in total. The molecule has 0 bridgehead atoms. The molecule has 1 unspecified atom stereocenters. The molecule has 5 rings (SSSR count). The van der Waals surface area contributed by atoms with Crippen LogP contribution in [0.15, 0.2) is 53.6 Å². The Morgan fingerprint density at radius 3 is 2.67 bits per heavy atom. The predicted octanol–water partition coefficient (Wildman–Crippen LogP) is 4.32. The Labute approximate surface area is 221 Å². The Balaban J connectivity index is 1.70. The number of alkyl halides is 3. The topological polar surface area (TPSA) is 108 Å². The van der Waals surface area contributed by atoms with Gasteiger partial charge in [-0.1, -0.05) is 0 Å². The summed E-state index contributed by atoms with van der Waals surface area (Å²) >= 11 is -2.47. The Morgan fingerprint density at radius 1 is 1.18 bits per heavy atom. The van der Waals surface area contributed by atoms with E-state index in [1.54, 1.807) is 37.0 Å². The lowest BCUT2D eigenvalue weighted by atomic mass is 9.99. The molecule has 0 aliphatic rings. The first-order valence-corrected chi connectivity index (χ1v) is 12.9. The predicted molar refractivity (Wildman–Crippen MR) is 138 cm³/mol. The molecule has 0 saturated carbocycles. The number of aromatic nitrogens is 4. The van der Waals surface area contributed by atoms with Crippen LogP contribution >= 0.6 is 0 Å². The van der Waals surface area contributed by atoms with Crippen LogP contribution in [0.5, 0.6) is 0 Å². The van der Waals surface area contributed by atoms with Gasteiger partial charge in [0.2, 0.25) is 0 Å². The van der Waals surface area contributed by atoms with Gasteiger partial charge in [0.05, 0.1) is 16.6 Å². The SMILES string of the molecule is Cc1nc2c(CCNS(=O)[O-])cc(-c3cn(C)c(=O)c4[nH]ccc34)cc2n1Cc1cc(F)cc(C(F)(F)F)c1. The summed E-state index contributed by atoms with van der Waals surface area (Å²) in [5, 5.41) is 0.671. The summed E-state index contributed by atoms with van der Waals surface area (Å²) in [7, 11) is 1.62. The van der Waals surface area contributed by atoms with Gasteiger partial charge in [-0.15, -0.1) is 0 Å². The summed E-state index contributed by atoms with van der Waals surface area (Å²) in [6, 6.07) is 7.84. The van der Waals surface area contributed by atoms with Crippen LogP contribution in [0.2, 0.25) is 0 Å². The molecule has 0 spiro atoms. The van der Waals surface area contributed by atoms with E-state index >= 15 is 0 Å². The monoisotopic (exact) mass is 560 g/mol. The Kier molecular flexibility index (Phi) is 6.91. The van der Waals surface area contributed by atoms with E-state index in [-0.39, 0.29) is 30.6 Å². The van der Waals surface area contributed by atoms with Crippen molar-refractivity contribution in [2.45, 2.75) is 26.1 Å². The molecule has 2 aromatic carbocycles. The first-order chi connectivity index (χ1) is 18.4. The average molecular weight is 561 g/mol. The summed E-state index contributed by atoms with van der Waals surface area (Å²) < 4.78 is 81.6. The van der Waals surface area contributed by atoms with Crippen molar-refractivity contribution in [1.82, 2.24) is 23.8 Å². The van der Waals surface area contributed by atoms with E-state index in [1.807, 2.05) is 12.1 Å². The maximum atomic E-state index is 14.1. The highest BCUT2D eigenvalue weighted by Gasteiger charge is 2.31. The molecule has 5 aromatic rings. The lowest BCUT2D eigenvalue weighted by Crippen LogP contribution is -2.19. The van der Waals surface area contributed by atoms with E-state index in [0.717, 1.165) is 12.1 Å². The van der Waals surface area contributed by atoms with Gasteiger partial charge in [-0.3, -0.25) is 9.00 Å². The maximum absolute atomic E-state index is 14.1. The zero-order valence-electron chi connectivity index (χ0n) is 20.7. The molecular formula is C26H22F4N5O3S-. The van der Waals surface area contributed by atoms with Gasteiger partial charge < -0.3 is 18.7 Å². The van der Waals surface area contributed by atoms with Gasteiger partial charge >= 0.3 is 6.18 Å². The lowest BCUT2D eigenvalue weighted by Gasteiger charge is -2.14. The van der Waals surface area contributed by atoms with Gasteiger partial charge in [0.1, 0.15) is 17.2 Å². The van der Waals surface area contributed by atoms with Crippen LogP contribution in [0.4, 0.5) is 17.6 Å². The molecular weight excluding hydrogens is 538 g/mol. The van der Waals surface area contributed by atoms with Crippen LogP contribution in [0.1, 0.15) is 22.5 Å². The van der Waals surface area contributed by atoms with Crippen LogP contribution in [-0.2, 0) is 37.5 Å². The number of rotatable bonds is 7. The number of H-pyrrole nitrogens is 1. The van der Waals surface area contributed by atoms with Crippen molar-refractivity contribution < 1.29 is 26.3 Å². The minimum absolute atomic E-state index is 0.0816. The van der Waals surface area contributed by atoms with Gasteiger partial charge in [0.25, 0.3) is 5.56 Å². The second-order valence-electron chi connectivity index (χ2n) is 9.20. The van der Waals surface area contributed by atoms with Crippen LogP contribution in [-0.4, -0.2) is 34.4 Å². The Hall–Kier alpha value is -3.81. The molecule has 0 aliphatic heterocycles. The molecule has 3 heterocycles. The number of aryl methyl sites for hydroxylation is 2. The molecule has 0 aliphatic carbocycles. The number of aromatic amines is 1. The van der Waals surface area contributed by atoms with E-state index < -0.39 is 28.8 Å². The molecule has 8 nitrogen and oxygen atoms in total. The van der Waals surface area contributed by atoms with E-state index in [1.165, 1.54) is 4.57 Å². The number of fused-ring (bicyclic) bond motifs is 2. The first kappa shape index (κ1) is 26.8. The Morgan fingerprint density at radius 2 is 1.95 bits per heavy atom. The number of imidazole rings is 1.